The summed E-state index contributed by atoms with van der Waals surface area (Å²) in [6.07, 6.45) is 1.70. The zero-order chi connectivity index (χ0) is 20.1. The molecule has 0 radical (unpaired) electrons. The molecule has 1 aromatic carbocycles. The molecule has 9 nitrogen and oxygen atoms in total. The van der Waals surface area contributed by atoms with E-state index in [1.807, 2.05) is 0 Å². The van der Waals surface area contributed by atoms with Crippen LogP contribution in [0.3, 0.4) is 0 Å². The number of imide groups is 1. The Kier molecular flexibility index (Phi) is 5.73. The first-order valence-electron chi connectivity index (χ1n) is 8.74. The molecule has 2 aromatic rings. The van der Waals surface area contributed by atoms with Crippen molar-refractivity contribution in [3.63, 3.8) is 0 Å². The number of carbonyl (C=O) groups is 4. The average Bonchev–Trinajstić information content (AvgIpc) is 3.23. The lowest BCUT2D eigenvalue weighted by Crippen LogP contribution is -2.31. The smallest absolute Gasteiger partial charge is 0.325 e. The molecule has 2 heterocycles. The maximum Gasteiger partial charge on any atom is 0.325 e. The van der Waals surface area contributed by atoms with E-state index in [4.69, 9.17) is 4.42 Å². The molecular weight excluding hydrogens is 364 g/mol. The summed E-state index contributed by atoms with van der Waals surface area (Å²) in [6, 6.07) is 8.83. The molecule has 0 bridgehead atoms. The van der Waals surface area contributed by atoms with E-state index >= 15 is 0 Å². The number of benzene rings is 1. The number of nitrogens with one attached hydrogen (secondary N) is 3. The molecule has 146 valence electrons. The van der Waals surface area contributed by atoms with E-state index in [9.17, 15) is 19.2 Å². The fourth-order valence-electron chi connectivity index (χ4n) is 2.86. The van der Waals surface area contributed by atoms with Crippen LogP contribution in [0, 0.1) is 0 Å². The predicted octanol–water partition coefficient (Wildman–Crippen LogP) is 2.08. The molecule has 0 saturated carbocycles. The standard InChI is InChI=1S/C19H20N4O5/c1-12(24)20-13-4-2-5-14(10-13)21-17(25)8-7-16-18(26)23(19(27)22-16)11-15-6-3-9-28-15/h2-6,9-10,16H,7-8,11H2,1H3,(H,20,24)(H,21,25)(H,22,27). The second-order valence-electron chi connectivity index (χ2n) is 6.35. The average molecular weight is 384 g/mol. The highest BCUT2D eigenvalue weighted by molar-refractivity contribution is 6.04. The second-order valence-corrected chi connectivity index (χ2v) is 6.35. The predicted molar refractivity (Wildman–Crippen MR) is 100 cm³/mol. The summed E-state index contributed by atoms with van der Waals surface area (Å²) in [4.78, 5) is 48.7. The van der Waals surface area contributed by atoms with Gasteiger partial charge in [0.25, 0.3) is 5.91 Å². The van der Waals surface area contributed by atoms with Crippen LogP contribution in [0.2, 0.25) is 0 Å². The van der Waals surface area contributed by atoms with E-state index < -0.39 is 12.1 Å². The molecule has 1 aliphatic heterocycles. The lowest BCUT2D eigenvalue weighted by molar-refractivity contribution is -0.128. The van der Waals surface area contributed by atoms with Gasteiger partial charge in [-0.05, 0) is 36.8 Å². The Hall–Kier alpha value is -3.62. The molecule has 0 spiro atoms. The van der Waals surface area contributed by atoms with Gasteiger partial charge in [0.2, 0.25) is 11.8 Å². The summed E-state index contributed by atoms with van der Waals surface area (Å²) >= 11 is 0. The number of nitrogens with zero attached hydrogens (tertiary/aromatic N) is 1. The summed E-state index contributed by atoms with van der Waals surface area (Å²) < 4.78 is 5.16. The Morgan fingerprint density at radius 2 is 1.89 bits per heavy atom. The zero-order valence-electron chi connectivity index (χ0n) is 15.2. The topological polar surface area (TPSA) is 121 Å². The molecule has 1 fully saturated rings. The summed E-state index contributed by atoms with van der Waals surface area (Å²) in [7, 11) is 0. The first kappa shape index (κ1) is 19.2. The fourth-order valence-corrected chi connectivity index (χ4v) is 2.86. The first-order valence-corrected chi connectivity index (χ1v) is 8.74. The molecule has 1 saturated heterocycles. The van der Waals surface area contributed by atoms with Gasteiger partial charge in [0, 0.05) is 24.7 Å². The Balaban J connectivity index is 1.51. The van der Waals surface area contributed by atoms with Crippen LogP contribution < -0.4 is 16.0 Å². The van der Waals surface area contributed by atoms with Gasteiger partial charge in [-0.15, -0.1) is 0 Å². The van der Waals surface area contributed by atoms with Gasteiger partial charge in [0.05, 0.1) is 12.8 Å². The van der Waals surface area contributed by atoms with Crippen molar-refractivity contribution >= 4 is 35.1 Å². The van der Waals surface area contributed by atoms with Gasteiger partial charge in [-0.1, -0.05) is 6.07 Å². The molecule has 9 heteroatoms. The van der Waals surface area contributed by atoms with E-state index in [0.717, 1.165) is 4.90 Å². The molecule has 3 N–H and O–H groups in total. The van der Waals surface area contributed by atoms with Gasteiger partial charge in [0.15, 0.2) is 0 Å². The van der Waals surface area contributed by atoms with Crippen molar-refractivity contribution in [2.75, 3.05) is 10.6 Å². The van der Waals surface area contributed by atoms with Gasteiger partial charge >= 0.3 is 6.03 Å². The molecule has 1 aliphatic rings. The second kappa shape index (κ2) is 8.38. The maximum atomic E-state index is 12.4. The zero-order valence-corrected chi connectivity index (χ0v) is 15.2. The lowest BCUT2D eigenvalue weighted by Gasteiger charge is -2.11. The normalized spacial score (nSPS) is 16.0. The van der Waals surface area contributed by atoms with Gasteiger partial charge < -0.3 is 20.4 Å². The van der Waals surface area contributed by atoms with Crippen LogP contribution in [-0.4, -0.2) is 34.7 Å². The number of hydrogen-bond donors (Lipinski definition) is 3. The van der Waals surface area contributed by atoms with Crippen molar-refractivity contribution in [3.05, 3.63) is 48.4 Å². The van der Waals surface area contributed by atoms with Gasteiger partial charge in [-0.3, -0.25) is 19.3 Å². The quantitative estimate of drug-likeness (QED) is 0.631. The van der Waals surface area contributed by atoms with Crippen molar-refractivity contribution in [2.24, 2.45) is 0 Å². The Bertz CT molecular complexity index is 893. The van der Waals surface area contributed by atoms with Crippen molar-refractivity contribution in [1.82, 2.24) is 10.2 Å². The molecule has 28 heavy (non-hydrogen) atoms. The van der Waals surface area contributed by atoms with Crippen molar-refractivity contribution < 1.29 is 23.6 Å². The van der Waals surface area contributed by atoms with Crippen LogP contribution in [0.15, 0.2) is 47.1 Å². The van der Waals surface area contributed by atoms with E-state index in [1.165, 1.54) is 13.2 Å². The van der Waals surface area contributed by atoms with Crippen molar-refractivity contribution in [1.29, 1.82) is 0 Å². The minimum Gasteiger partial charge on any atom is -0.467 e. The molecular formula is C19H20N4O5. The fraction of sp³-hybridized carbons (Fsp3) is 0.263. The number of rotatable bonds is 7. The molecule has 5 amide bonds. The minimum absolute atomic E-state index is 0.0512. The Labute approximate surface area is 161 Å². The Morgan fingerprint density at radius 3 is 2.57 bits per heavy atom. The van der Waals surface area contributed by atoms with Crippen LogP contribution in [0.25, 0.3) is 0 Å². The van der Waals surface area contributed by atoms with Gasteiger partial charge in [-0.2, -0.15) is 0 Å². The molecule has 0 aliphatic carbocycles. The van der Waals surface area contributed by atoms with Crippen LogP contribution in [-0.2, 0) is 20.9 Å². The van der Waals surface area contributed by atoms with Crippen LogP contribution in [0.4, 0.5) is 16.2 Å². The highest BCUT2D eigenvalue weighted by atomic mass is 16.3. The number of hydrogen-bond acceptors (Lipinski definition) is 5. The highest BCUT2D eigenvalue weighted by Gasteiger charge is 2.38. The molecule has 3 rings (SSSR count). The third-order valence-corrected chi connectivity index (χ3v) is 4.13. The molecule has 1 atom stereocenters. The summed E-state index contributed by atoms with van der Waals surface area (Å²) in [5, 5.41) is 7.93. The molecule has 1 aromatic heterocycles. The van der Waals surface area contributed by atoms with Crippen LogP contribution in [0.5, 0.6) is 0 Å². The first-order chi connectivity index (χ1) is 13.4. The minimum atomic E-state index is -0.751. The SMILES string of the molecule is CC(=O)Nc1cccc(NC(=O)CCC2NC(=O)N(Cc3ccco3)C2=O)c1. The van der Waals surface area contributed by atoms with Gasteiger partial charge in [-0.25, -0.2) is 4.79 Å². The number of urea groups is 1. The number of furan rings is 1. The van der Waals surface area contributed by atoms with Crippen molar-refractivity contribution in [3.8, 4) is 0 Å². The van der Waals surface area contributed by atoms with E-state index in [2.05, 4.69) is 16.0 Å². The van der Waals surface area contributed by atoms with Gasteiger partial charge in [0.1, 0.15) is 11.8 Å². The summed E-state index contributed by atoms with van der Waals surface area (Å²) in [6.45, 7) is 1.45. The summed E-state index contributed by atoms with van der Waals surface area (Å²) in [5.74, 6) is -0.396. The van der Waals surface area contributed by atoms with E-state index in [1.54, 1.807) is 36.4 Å². The number of carbonyl (C=O) groups excluding carboxylic acids is 4. The number of anilines is 2. The van der Waals surface area contributed by atoms with Crippen LogP contribution in [0.1, 0.15) is 25.5 Å². The third kappa shape index (κ3) is 4.76. The highest BCUT2D eigenvalue weighted by Crippen LogP contribution is 2.18. The van der Waals surface area contributed by atoms with E-state index in [-0.39, 0.29) is 37.1 Å². The maximum absolute atomic E-state index is 12.4. The van der Waals surface area contributed by atoms with Crippen LogP contribution >= 0.6 is 0 Å². The Morgan fingerprint density at radius 1 is 1.14 bits per heavy atom. The summed E-state index contributed by atoms with van der Waals surface area (Å²) in [5.41, 5.74) is 1.09. The van der Waals surface area contributed by atoms with E-state index in [0.29, 0.717) is 17.1 Å². The largest absolute Gasteiger partial charge is 0.467 e. The molecule has 1 unspecified atom stereocenters. The number of amides is 5. The monoisotopic (exact) mass is 384 g/mol. The lowest BCUT2D eigenvalue weighted by atomic mass is 10.1. The van der Waals surface area contributed by atoms with Crippen molar-refractivity contribution in [2.45, 2.75) is 32.4 Å². The third-order valence-electron chi connectivity index (χ3n) is 4.13.